The first-order chi connectivity index (χ1) is 9.79. The summed E-state index contributed by atoms with van der Waals surface area (Å²) in [6.07, 6.45) is 3.61. The third-order valence-electron chi connectivity index (χ3n) is 4.35. The van der Waals surface area contributed by atoms with Crippen LogP contribution in [0.3, 0.4) is 0 Å². The number of amides is 1. The standard InChI is InChI=1S/C16H20BrNOS/c17-8-7-12-4-3-9-18(10-12)16(19)14-11-20-15-6-2-1-5-13(14)15/h1-2,5-6,12,14H,3-4,7-11H2. The van der Waals surface area contributed by atoms with Crippen LogP contribution in [0.25, 0.3) is 0 Å². The molecular weight excluding hydrogens is 334 g/mol. The van der Waals surface area contributed by atoms with Crippen LogP contribution in [0.5, 0.6) is 0 Å². The van der Waals surface area contributed by atoms with Crippen LogP contribution in [-0.4, -0.2) is 35.0 Å². The highest BCUT2D eigenvalue weighted by atomic mass is 79.9. The van der Waals surface area contributed by atoms with Crippen LogP contribution < -0.4 is 0 Å². The first-order valence-corrected chi connectivity index (χ1v) is 9.47. The molecule has 1 fully saturated rings. The fourth-order valence-electron chi connectivity index (χ4n) is 3.24. The lowest BCUT2D eigenvalue weighted by Crippen LogP contribution is -2.42. The minimum Gasteiger partial charge on any atom is -0.342 e. The number of fused-ring (bicyclic) bond motifs is 1. The molecule has 2 aliphatic rings. The van der Waals surface area contributed by atoms with Gasteiger partial charge in [0.25, 0.3) is 0 Å². The van der Waals surface area contributed by atoms with Crippen molar-refractivity contribution in [1.29, 1.82) is 0 Å². The van der Waals surface area contributed by atoms with E-state index in [1.807, 2.05) is 11.8 Å². The van der Waals surface area contributed by atoms with Gasteiger partial charge in [-0.15, -0.1) is 11.8 Å². The Balaban J connectivity index is 1.70. The number of carbonyl (C=O) groups excluding carboxylic acids is 1. The maximum atomic E-state index is 12.8. The zero-order valence-corrected chi connectivity index (χ0v) is 14.0. The fraction of sp³-hybridized carbons (Fsp3) is 0.562. The number of rotatable bonds is 3. The monoisotopic (exact) mass is 353 g/mol. The summed E-state index contributed by atoms with van der Waals surface area (Å²) in [5, 5.41) is 1.04. The second-order valence-corrected chi connectivity index (χ2v) is 7.53. The normalized spacial score (nSPS) is 25.6. The Morgan fingerprint density at radius 1 is 1.40 bits per heavy atom. The minimum absolute atomic E-state index is 0.0823. The number of alkyl halides is 1. The number of carbonyl (C=O) groups is 1. The van der Waals surface area contributed by atoms with Gasteiger partial charge in [-0.2, -0.15) is 0 Å². The van der Waals surface area contributed by atoms with E-state index in [9.17, 15) is 4.79 Å². The average molecular weight is 354 g/mol. The molecule has 0 spiro atoms. The maximum absolute atomic E-state index is 12.8. The summed E-state index contributed by atoms with van der Waals surface area (Å²) in [7, 11) is 0. The Kier molecular flexibility index (Phi) is 4.72. The molecule has 1 amide bonds. The van der Waals surface area contributed by atoms with Crippen molar-refractivity contribution in [3.8, 4) is 0 Å². The summed E-state index contributed by atoms with van der Waals surface area (Å²) >= 11 is 5.35. The van der Waals surface area contributed by atoms with Gasteiger partial charge in [0.15, 0.2) is 0 Å². The van der Waals surface area contributed by atoms with E-state index in [1.165, 1.54) is 23.3 Å². The molecule has 1 aromatic carbocycles. The number of hydrogen-bond donors (Lipinski definition) is 0. The lowest BCUT2D eigenvalue weighted by atomic mass is 9.93. The Morgan fingerprint density at radius 2 is 2.25 bits per heavy atom. The van der Waals surface area contributed by atoms with E-state index in [1.54, 1.807) is 0 Å². The van der Waals surface area contributed by atoms with Gasteiger partial charge in [-0.05, 0) is 36.8 Å². The van der Waals surface area contributed by atoms with E-state index >= 15 is 0 Å². The second kappa shape index (κ2) is 6.52. The largest absolute Gasteiger partial charge is 0.342 e. The van der Waals surface area contributed by atoms with Crippen LogP contribution >= 0.6 is 27.7 Å². The van der Waals surface area contributed by atoms with Crippen molar-refractivity contribution in [3.63, 3.8) is 0 Å². The molecule has 108 valence electrons. The SMILES string of the molecule is O=C(C1CSc2ccccc21)N1CCCC(CCBr)C1. The molecule has 0 aromatic heterocycles. The molecule has 0 N–H and O–H groups in total. The van der Waals surface area contributed by atoms with Crippen LogP contribution in [0.2, 0.25) is 0 Å². The Bertz CT molecular complexity index is 491. The zero-order valence-electron chi connectivity index (χ0n) is 11.6. The molecule has 2 nitrogen and oxygen atoms in total. The van der Waals surface area contributed by atoms with E-state index < -0.39 is 0 Å². The molecule has 3 rings (SSSR count). The van der Waals surface area contributed by atoms with Gasteiger partial charge in [-0.25, -0.2) is 0 Å². The van der Waals surface area contributed by atoms with Gasteiger partial charge in [0.05, 0.1) is 5.92 Å². The van der Waals surface area contributed by atoms with Crippen LogP contribution in [0.15, 0.2) is 29.2 Å². The van der Waals surface area contributed by atoms with Gasteiger partial charge >= 0.3 is 0 Å². The van der Waals surface area contributed by atoms with E-state index in [4.69, 9.17) is 0 Å². The first kappa shape index (κ1) is 14.5. The van der Waals surface area contributed by atoms with E-state index in [0.29, 0.717) is 11.8 Å². The number of thioether (sulfide) groups is 1. The predicted molar refractivity (Wildman–Crippen MR) is 87.6 cm³/mol. The van der Waals surface area contributed by atoms with Gasteiger partial charge in [0, 0.05) is 29.1 Å². The smallest absolute Gasteiger partial charge is 0.231 e. The molecule has 0 saturated carbocycles. The van der Waals surface area contributed by atoms with Crippen molar-refractivity contribution >= 4 is 33.6 Å². The molecule has 2 unspecified atom stereocenters. The van der Waals surface area contributed by atoms with Crippen LogP contribution in [0, 0.1) is 5.92 Å². The van der Waals surface area contributed by atoms with Gasteiger partial charge < -0.3 is 4.90 Å². The number of halogens is 1. The molecule has 1 saturated heterocycles. The highest BCUT2D eigenvalue weighted by molar-refractivity contribution is 9.09. The van der Waals surface area contributed by atoms with Crippen molar-refractivity contribution in [3.05, 3.63) is 29.8 Å². The Hall–Kier alpha value is -0.480. The van der Waals surface area contributed by atoms with Gasteiger partial charge in [0.2, 0.25) is 5.91 Å². The lowest BCUT2D eigenvalue weighted by Gasteiger charge is -2.34. The van der Waals surface area contributed by atoms with Crippen molar-refractivity contribution in [2.75, 3.05) is 24.2 Å². The summed E-state index contributed by atoms with van der Waals surface area (Å²) in [6, 6.07) is 8.37. The molecule has 2 heterocycles. The van der Waals surface area contributed by atoms with Crippen LogP contribution in [0.1, 0.15) is 30.7 Å². The third-order valence-corrected chi connectivity index (χ3v) is 5.99. The van der Waals surface area contributed by atoms with E-state index in [2.05, 4.69) is 45.1 Å². The Labute approximate surface area is 133 Å². The van der Waals surface area contributed by atoms with Crippen molar-refractivity contribution < 1.29 is 4.79 Å². The van der Waals surface area contributed by atoms with Crippen molar-refractivity contribution in [1.82, 2.24) is 4.90 Å². The maximum Gasteiger partial charge on any atom is 0.231 e. The van der Waals surface area contributed by atoms with E-state index in [0.717, 1.165) is 30.6 Å². The topological polar surface area (TPSA) is 20.3 Å². The third kappa shape index (κ3) is 2.91. The van der Waals surface area contributed by atoms with Crippen LogP contribution in [0.4, 0.5) is 0 Å². The van der Waals surface area contributed by atoms with Gasteiger partial charge in [0.1, 0.15) is 0 Å². The highest BCUT2D eigenvalue weighted by Gasteiger charge is 2.33. The second-order valence-electron chi connectivity index (χ2n) is 5.67. The Morgan fingerprint density at radius 3 is 3.10 bits per heavy atom. The molecular formula is C16H20BrNOS. The summed E-state index contributed by atoms with van der Waals surface area (Å²) in [5.41, 5.74) is 1.24. The number of likely N-dealkylation sites (tertiary alicyclic amines) is 1. The number of nitrogens with zero attached hydrogens (tertiary/aromatic N) is 1. The predicted octanol–water partition coefficient (Wildman–Crippen LogP) is 3.90. The quantitative estimate of drug-likeness (QED) is 0.768. The molecule has 4 heteroatoms. The highest BCUT2D eigenvalue weighted by Crippen LogP contribution is 2.40. The number of piperidine rings is 1. The number of benzene rings is 1. The average Bonchev–Trinajstić information content (AvgIpc) is 2.91. The molecule has 0 radical (unpaired) electrons. The first-order valence-electron chi connectivity index (χ1n) is 7.36. The summed E-state index contributed by atoms with van der Waals surface area (Å²) in [6.45, 7) is 1.90. The summed E-state index contributed by atoms with van der Waals surface area (Å²) in [4.78, 5) is 16.2. The molecule has 1 aromatic rings. The summed E-state index contributed by atoms with van der Waals surface area (Å²) in [5.74, 6) is 2.02. The van der Waals surface area contributed by atoms with Crippen molar-refractivity contribution in [2.45, 2.75) is 30.1 Å². The molecule has 2 aliphatic heterocycles. The van der Waals surface area contributed by atoms with Gasteiger partial charge in [-0.1, -0.05) is 34.1 Å². The minimum atomic E-state index is 0.0823. The lowest BCUT2D eigenvalue weighted by molar-refractivity contribution is -0.134. The van der Waals surface area contributed by atoms with E-state index in [-0.39, 0.29) is 5.92 Å². The zero-order chi connectivity index (χ0) is 13.9. The van der Waals surface area contributed by atoms with Crippen molar-refractivity contribution in [2.24, 2.45) is 5.92 Å². The van der Waals surface area contributed by atoms with Gasteiger partial charge in [-0.3, -0.25) is 4.79 Å². The number of hydrogen-bond acceptors (Lipinski definition) is 2. The molecule has 0 bridgehead atoms. The molecule has 2 atom stereocenters. The molecule has 0 aliphatic carbocycles. The molecule has 20 heavy (non-hydrogen) atoms. The van der Waals surface area contributed by atoms with Crippen LogP contribution in [-0.2, 0) is 4.79 Å². The summed E-state index contributed by atoms with van der Waals surface area (Å²) < 4.78 is 0. The fourth-order valence-corrected chi connectivity index (χ4v) is 5.11.